The second-order valence-corrected chi connectivity index (χ2v) is 9.72. The van der Waals surface area contributed by atoms with E-state index in [0.29, 0.717) is 6.54 Å². The van der Waals surface area contributed by atoms with E-state index in [-0.39, 0.29) is 6.79 Å². The average Bonchev–Trinajstić information content (AvgIpc) is 3.55. The number of benzene rings is 3. The third-order valence-electron chi connectivity index (χ3n) is 5.97. The standard InChI is InChI=1S/C29H29N3O3S/c1-20-4-9-24(10-5-20)30-21(2)26-18-36-29(31-26)17-32(15-22-6-11-25(33-3)12-7-22)16-23-8-13-27-28(14-23)35-19-34-27/h4-14,18,30H,2,15-17,19H2,1,3H3. The van der Waals surface area contributed by atoms with Crippen molar-refractivity contribution in [1.29, 1.82) is 0 Å². The first-order valence-electron chi connectivity index (χ1n) is 11.8. The van der Waals surface area contributed by atoms with Crippen molar-refractivity contribution in [1.82, 2.24) is 9.88 Å². The molecule has 7 heteroatoms. The number of thiazole rings is 1. The summed E-state index contributed by atoms with van der Waals surface area (Å²) in [7, 11) is 1.68. The lowest BCUT2D eigenvalue weighted by Crippen LogP contribution is -2.22. The maximum atomic E-state index is 5.59. The van der Waals surface area contributed by atoms with E-state index < -0.39 is 0 Å². The van der Waals surface area contributed by atoms with Crippen molar-refractivity contribution in [3.05, 3.63) is 106 Å². The zero-order chi connectivity index (χ0) is 24.9. The van der Waals surface area contributed by atoms with Crippen LogP contribution in [-0.2, 0) is 19.6 Å². The highest BCUT2D eigenvalue weighted by molar-refractivity contribution is 7.09. The molecular weight excluding hydrogens is 470 g/mol. The summed E-state index contributed by atoms with van der Waals surface area (Å²) < 4.78 is 16.4. The Hall–Kier alpha value is -3.81. The highest BCUT2D eigenvalue weighted by atomic mass is 32.1. The predicted octanol–water partition coefficient (Wildman–Crippen LogP) is 6.47. The van der Waals surface area contributed by atoms with E-state index in [9.17, 15) is 0 Å². The molecule has 1 aliphatic heterocycles. The molecule has 0 unspecified atom stereocenters. The van der Waals surface area contributed by atoms with Crippen LogP contribution in [0.25, 0.3) is 5.70 Å². The highest BCUT2D eigenvalue weighted by Gasteiger charge is 2.17. The number of nitrogens with one attached hydrogen (secondary N) is 1. The molecule has 0 amide bonds. The Balaban J connectivity index is 1.31. The molecule has 5 rings (SSSR count). The first-order valence-corrected chi connectivity index (χ1v) is 12.6. The third-order valence-corrected chi connectivity index (χ3v) is 6.81. The van der Waals surface area contributed by atoms with E-state index in [0.717, 1.165) is 58.0 Å². The monoisotopic (exact) mass is 499 g/mol. The molecule has 0 radical (unpaired) electrons. The fourth-order valence-corrected chi connectivity index (χ4v) is 4.89. The minimum Gasteiger partial charge on any atom is -0.497 e. The van der Waals surface area contributed by atoms with Gasteiger partial charge in [0.15, 0.2) is 11.5 Å². The van der Waals surface area contributed by atoms with E-state index in [1.165, 1.54) is 11.1 Å². The van der Waals surface area contributed by atoms with Crippen molar-refractivity contribution < 1.29 is 14.2 Å². The van der Waals surface area contributed by atoms with Crippen LogP contribution in [0.4, 0.5) is 5.69 Å². The Morgan fingerprint density at radius 3 is 2.47 bits per heavy atom. The first-order chi connectivity index (χ1) is 17.6. The van der Waals surface area contributed by atoms with Crippen LogP contribution in [0.15, 0.2) is 78.7 Å². The molecule has 1 aromatic heterocycles. The van der Waals surface area contributed by atoms with Gasteiger partial charge in [0.2, 0.25) is 6.79 Å². The van der Waals surface area contributed by atoms with Gasteiger partial charge < -0.3 is 19.5 Å². The van der Waals surface area contributed by atoms with E-state index in [1.807, 2.05) is 18.2 Å². The zero-order valence-electron chi connectivity index (χ0n) is 20.5. The first kappa shape index (κ1) is 23.9. The van der Waals surface area contributed by atoms with Gasteiger partial charge in [0.25, 0.3) is 0 Å². The Kier molecular flexibility index (Phi) is 7.21. The predicted molar refractivity (Wildman–Crippen MR) is 144 cm³/mol. The molecule has 2 heterocycles. The fourth-order valence-electron chi connectivity index (χ4n) is 4.04. The third kappa shape index (κ3) is 5.87. The second-order valence-electron chi connectivity index (χ2n) is 8.78. The molecule has 1 N–H and O–H groups in total. The zero-order valence-corrected chi connectivity index (χ0v) is 21.3. The maximum absolute atomic E-state index is 5.59. The van der Waals surface area contributed by atoms with Gasteiger partial charge in [-0.2, -0.15) is 0 Å². The number of nitrogens with zero attached hydrogens (tertiary/aromatic N) is 2. The molecule has 4 aromatic rings. The molecule has 6 nitrogen and oxygen atoms in total. The molecule has 0 saturated heterocycles. The summed E-state index contributed by atoms with van der Waals surface area (Å²) in [6, 6.07) is 22.6. The van der Waals surface area contributed by atoms with Crippen LogP contribution >= 0.6 is 11.3 Å². The smallest absolute Gasteiger partial charge is 0.231 e. The van der Waals surface area contributed by atoms with Crippen LogP contribution in [0.2, 0.25) is 0 Å². The van der Waals surface area contributed by atoms with Crippen molar-refractivity contribution in [2.75, 3.05) is 19.2 Å². The topological polar surface area (TPSA) is 55.9 Å². The number of anilines is 1. The Morgan fingerprint density at radius 2 is 1.69 bits per heavy atom. The number of methoxy groups -OCH3 is 1. The lowest BCUT2D eigenvalue weighted by Gasteiger charge is -2.22. The van der Waals surface area contributed by atoms with Crippen LogP contribution in [0.3, 0.4) is 0 Å². The van der Waals surface area contributed by atoms with Gasteiger partial charge in [-0.1, -0.05) is 42.5 Å². The molecule has 0 atom stereocenters. The summed E-state index contributed by atoms with van der Waals surface area (Å²) >= 11 is 1.65. The van der Waals surface area contributed by atoms with Crippen molar-refractivity contribution in [2.24, 2.45) is 0 Å². The summed E-state index contributed by atoms with van der Waals surface area (Å²) in [6.45, 7) is 8.79. The fraction of sp³-hybridized carbons (Fsp3) is 0.207. The number of hydrogen-bond acceptors (Lipinski definition) is 7. The molecule has 1 aliphatic rings. The quantitative estimate of drug-likeness (QED) is 0.270. The number of fused-ring (bicyclic) bond motifs is 1. The van der Waals surface area contributed by atoms with E-state index >= 15 is 0 Å². The minimum atomic E-state index is 0.275. The number of hydrogen-bond donors (Lipinski definition) is 1. The van der Waals surface area contributed by atoms with Crippen molar-refractivity contribution in [3.8, 4) is 17.2 Å². The van der Waals surface area contributed by atoms with Gasteiger partial charge in [0.1, 0.15) is 10.8 Å². The van der Waals surface area contributed by atoms with Crippen LogP contribution < -0.4 is 19.5 Å². The second kappa shape index (κ2) is 10.8. The summed E-state index contributed by atoms with van der Waals surface area (Å²) in [6.07, 6.45) is 0. The Labute approximate surface area is 215 Å². The molecule has 0 fully saturated rings. The Morgan fingerprint density at radius 1 is 0.972 bits per heavy atom. The van der Waals surface area contributed by atoms with Crippen molar-refractivity contribution in [2.45, 2.75) is 26.6 Å². The van der Waals surface area contributed by atoms with Gasteiger partial charge in [0.05, 0.1) is 25.0 Å². The summed E-state index contributed by atoms with van der Waals surface area (Å²) in [5.74, 6) is 2.45. The van der Waals surface area contributed by atoms with Gasteiger partial charge in [0, 0.05) is 24.2 Å². The molecule has 184 valence electrons. The largest absolute Gasteiger partial charge is 0.497 e. The molecule has 0 spiro atoms. The van der Waals surface area contributed by atoms with Gasteiger partial charge in [-0.15, -0.1) is 11.3 Å². The molecule has 0 saturated carbocycles. The lowest BCUT2D eigenvalue weighted by molar-refractivity contribution is 0.174. The van der Waals surface area contributed by atoms with Gasteiger partial charge in [-0.05, 0) is 54.4 Å². The number of aryl methyl sites for hydroxylation is 1. The van der Waals surface area contributed by atoms with Gasteiger partial charge in [-0.3, -0.25) is 4.90 Å². The number of ether oxygens (including phenoxy) is 3. The van der Waals surface area contributed by atoms with E-state index in [2.05, 4.69) is 77.6 Å². The number of aromatic nitrogens is 1. The minimum absolute atomic E-state index is 0.275. The molecule has 36 heavy (non-hydrogen) atoms. The lowest BCUT2D eigenvalue weighted by atomic mass is 10.1. The molecular formula is C29H29N3O3S. The molecule has 0 bridgehead atoms. The van der Waals surface area contributed by atoms with Crippen LogP contribution in [0.5, 0.6) is 17.2 Å². The normalized spacial score (nSPS) is 12.1. The average molecular weight is 500 g/mol. The van der Waals surface area contributed by atoms with Crippen LogP contribution in [0, 0.1) is 6.92 Å². The highest BCUT2D eigenvalue weighted by Crippen LogP contribution is 2.33. The summed E-state index contributed by atoms with van der Waals surface area (Å²) in [5, 5.41) is 6.46. The van der Waals surface area contributed by atoms with E-state index in [1.54, 1.807) is 18.4 Å². The SMILES string of the molecule is C=C(Nc1ccc(C)cc1)c1csc(CN(Cc2ccc(OC)cc2)Cc2ccc3c(c2)OCO3)n1. The Bertz CT molecular complexity index is 1330. The van der Waals surface area contributed by atoms with Crippen molar-refractivity contribution in [3.63, 3.8) is 0 Å². The van der Waals surface area contributed by atoms with Gasteiger partial charge in [-0.25, -0.2) is 4.98 Å². The maximum Gasteiger partial charge on any atom is 0.231 e. The summed E-state index contributed by atoms with van der Waals surface area (Å²) in [4.78, 5) is 7.26. The van der Waals surface area contributed by atoms with Crippen LogP contribution in [-0.4, -0.2) is 23.8 Å². The van der Waals surface area contributed by atoms with Gasteiger partial charge >= 0.3 is 0 Å². The van der Waals surface area contributed by atoms with Crippen LogP contribution in [0.1, 0.15) is 27.4 Å². The summed E-state index contributed by atoms with van der Waals surface area (Å²) in [5.41, 5.74) is 6.25. The van der Waals surface area contributed by atoms with E-state index in [4.69, 9.17) is 19.2 Å². The van der Waals surface area contributed by atoms with Crippen molar-refractivity contribution >= 4 is 22.7 Å². The molecule has 0 aliphatic carbocycles. The number of rotatable bonds is 10. The molecule has 3 aromatic carbocycles.